The van der Waals surface area contributed by atoms with E-state index in [1.165, 1.54) is 6.07 Å². The molecule has 24 heavy (non-hydrogen) atoms. The normalized spacial score (nSPS) is 17.4. The number of hydrogen-bond acceptors (Lipinski definition) is 4. The fourth-order valence-corrected chi connectivity index (χ4v) is 3.21. The first kappa shape index (κ1) is 16.6. The van der Waals surface area contributed by atoms with E-state index in [0.29, 0.717) is 23.6 Å². The van der Waals surface area contributed by atoms with E-state index in [1.54, 1.807) is 30.5 Å². The molecule has 0 bridgehead atoms. The lowest BCUT2D eigenvalue weighted by Crippen LogP contribution is -2.36. The molecule has 0 amide bonds. The third-order valence-corrected chi connectivity index (χ3v) is 4.62. The van der Waals surface area contributed by atoms with Crippen LogP contribution in [0.5, 0.6) is 0 Å². The van der Waals surface area contributed by atoms with Crippen LogP contribution in [0.2, 0.25) is 0 Å². The zero-order valence-corrected chi connectivity index (χ0v) is 13.4. The highest BCUT2D eigenvalue weighted by molar-refractivity contribution is 5.27. The van der Waals surface area contributed by atoms with Crippen LogP contribution in [0.25, 0.3) is 0 Å². The molecule has 2 heterocycles. The molecule has 2 aromatic rings. The number of halogens is 1. The summed E-state index contributed by atoms with van der Waals surface area (Å²) in [5, 5.41) is 19.1. The van der Waals surface area contributed by atoms with Crippen LogP contribution in [0.1, 0.15) is 41.7 Å². The Hall–Kier alpha value is -2.29. The van der Waals surface area contributed by atoms with E-state index in [0.717, 1.165) is 31.6 Å². The lowest BCUT2D eigenvalue weighted by molar-refractivity contribution is 0.0944. The summed E-state index contributed by atoms with van der Waals surface area (Å²) < 4.78 is 13.7. The predicted molar refractivity (Wildman–Crippen MR) is 88.7 cm³/mol. The molecule has 0 aliphatic carbocycles. The van der Waals surface area contributed by atoms with Crippen LogP contribution < -0.4 is 0 Å². The summed E-state index contributed by atoms with van der Waals surface area (Å²) >= 11 is 0. The fourth-order valence-electron chi connectivity index (χ4n) is 3.21. The number of aliphatic hydroxyl groups excluding tert-OH is 1. The topological polar surface area (TPSA) is 60.2 Å². The highest BCUT2D eigenvalue weighted by Gasteiger charge is 2.24. The molecule has 1 aliphatic heterocycles. The largest absolute Gasteiger partial charge is 0.387 e. The maximum Gasteiger partial charge on any atom is 0.129 e. The average Bonchev–Trinajstić information content (AvgIpc) is 2.63. The minimum absolute atomic E-state index is 0.355. The first-order valence-electron chi connectivity index (χ1n) is 8.18. The van der Waals surface area contributed by atoms with Crippen molar-refractivity contribution in [2.24, 2.45) is 0 Å². The number of benzene rings is 1. The van der Waals surface area contributed by atoms with Crippen molar-refractivity contribution in [3.63, 3.8) is 0 Å². The molecule has 1 aliphatic rings. The molecule has 1 fully saturated rings. The second kappa shape index (κ2) is 7.52. The van der Waals surface area contributed by atoms with E-state index >= 15 is 0 Å². The van der Waals surface area contributed by atoms with Crippen molar-refractivity contribution < 1.29 is 9.50 Å². The SMILES string of the molecule is N#Cc1ccc(C2CCN(CC(O)c3ccccc3F)CC2)nc1. The highest BCUT2D eigenvalue weighted by Crippen LogP contribution is 2.28. The molecule has 124 valence electrons. The van der Waals surface area contributed by atoms with Crippen LogP contribution in [-0.2, 0) is 0 Å². The van der Waals surface area contributed by atoms with Gasteiger partial charge in [0, 0.05) is 29.9 Å². The molecule has 0 saturated carbocycles. The van der Waals surface area contributed by atoms with E-state index in [2.05, 4.69) is 16.0 Å². The maximum absolute atomic E-state index is 13.7. The van der Waals surface area contributed by atoms with Crippen LogP contribution in [0, 0.1) is 17.1 Å². The fraction of sp³-hybridized carbons (Fsp3) is 0.368. The maximum atomic E-state index is 13.7. The van der Waals surface area contributed by atoms with Crippen molar-refractivity contribution >= 4 is 0 Å². The Morgan fingerprint density at radius 1 is 1.25 bits per heavy atom. The van der Waals surface area contributed by atoms with Crippen LogP contribution in [0.3, 0.4) is 0 Å². The van der Waals surface area contributed by atoms with Gasteiger partial charge >= 0.3 is 0 Å². The third-order valence-electron chi connectivity index (χ3n) is 4.62. The second-order valence-corrected chi connectivity index (χ2v) is 6.20. The van der Waals surface area contributed by atoms with Crippen molar-refractivity contribution in [3.05, 3.63) is 65.2 Å². The Bertz CT molecular complexity index is 718. The zero-order chi connectivity index (χ0) is 16.9. The van der Waals surface area contributed by atoms with Crippen molar-refractivity contribution in [1.82, 2.24) is 9.88 Å². The molecule has 1 atom stereocenters. The summed E-state index contributed by atoms with van der Waals surface area (Å²) in [5.41, 5.74) is 1.95. The Kier molecular flexibility index (Phi) is 5.19. The predicted octanol–water partition coefficient (Wildman–Crippen LogP) is 3.01. The zero-order valence-electron chi connectivity index (χ0n) is 13.4. The molecule has 5 heteroatoms. The molecule has 1 aromatic heterocycles. The van der Waals surface area contributed by atoms with Gasteiger partial charge < -0.3 is 10.0 Å². The van der Waals surface area contributed by atoms with Gasteiger partial charge in [-0.25, -0.2) is 4.39 Å². The number of hydrogen-bond donors (Lipinski definition) is 1. The van der Waals surface area contributed by atoms with Gasteiger partial charge in [0.1, 0.15) is 11.9 Å². The molecule has 1 unspecified atom stereocenters. The second-order valence-electron chi connectivity index (χ2n) is 6.20. The number of aliphatic hydroxyl groups is 1. The first-order valence-corrected chi connectivity index (χ1v) is 8.18. The number of β-amino-alcohol motifs (C(OH)–C–C–N with tert-alkyl or cyclic N) is 1. The van der Waals surface area contributed by atoms with E-state index in [-0.39, 0.29) is 5.82 Å². The number of rotatable bonds is 4. The quantitative estimate of drug-likeness (QED) is 0.939. The van der Waals surface area contributed by atoms with Gasteiger partial charge in [-0.1, -0.05) is 18.2 Å². The van der Waals surface area contributed by atoms with Gasteiger partial charge in [0.25, 0.3) is 0 Å². The molecule has 0 radical (unpaired) electrons. The van der Waals surface area contributed by atoms with E-state index in [4.69, 9.17) is 5.26 Å². The number of aromatic nitrogens is 1. The first-order chi connectivity index (χ1) is 11.7. The van der Waals surface area contributed by atoms with Crippen LogP contribution in [0.15, 0.2) is 42.6 Å². The standard InChI is InChI=1S/C19H20FN3O/c20-17-4-2-1-3-16(17)19(24)13-23-9-7-15(8-10-23)18-6-5-14(11-21)12-22-18/h1-6,12,15,19,24H,7-10,13H2. The molecular formula is C19H20FN3O. The molecule has 1 saturated heterocycles. The summed E-state index contributed by atoms with van der Waals surface area (Å²) in [6.45, 7) is 2.13. The molecule has 0 spiro atoms. The number of nitrogens with zero attached hydrogens (tertiary/aromatic N) is 3. The number of piperidine rings is 1. The summed E-state index contributed by atoms with van der Waals surface area (Å²) in [7, 11) is 0. The van der Waals surface area contributed by atoms with Crippen molar-refractivity contribution in [2.45, 2.75) is 24.9 Å². The van der Waals surface area contributed by atoms with Crippen LogP contribution in [-0.4, -0.2) is 34.6 Å². The van der Waals surface area contributed by atoms with Gasteiger partial charge in [-0.05, 0) is 44.1 Å². The molecule has 1 N–H and O–H groups in total. The Balaban J connectivity index is 1.55. The number of pyridine rings is 1. The minimum Gasteiger partial charge on any atom is -0.387 e. The lowest BCUT2D eigenvalue weighted by Gasteiger charge is -2.33. The monoisotopic (exact) mass is 325 g/mol. The average molecular weight is 325 g/mol. The highest BCUT2D eigenvalue weighted by atomic mass is 19.1. The van der Waals surface area contributed by atoms with Gasteiger partial charge in [-0.15, -0.1) is 0 Å². The molecule has 3 rings (SSSR count). The van der Waals surface area contributed by atoms with E-state index < -0.39 is 6.10 Å². The summed E-state index contributed by atoms with van der Waals surface area (Å²) in [4.78, 5) is 6.54. The number of likely N-dealkylation sites (tertiary alicyclic amines) is 1. The Labute approximate surface area is 141 Å². The van der Waals surface area contributed by atoms with Crippen molar-refractivity contribution in [1.29, 1.82) is 5.26 Å². The molecular weight excluding hydrogens is 305 g/mol. The molecule has 4 nitrogen and oxygen atoms in total. The molecule has 1 aromatic carbocycles. The van der Waals surface area contributed by atoms with E-state index in [9.17, 15) is 9.50 Å². The van der Waals surface area contributed by atoms with Gasteiger partial charge in [-0.2, -0.15) is 5.26 Å². The summed E-state index contributed by atoms with van der Waals surface area (Å²) in [6.07, 6.45) is 2.70. The third kappa shape index (κ3) is 3.78. The van der Waals surface area contributed by atoms with E-state index in [1.807, 2.05) is 6.07 Å². The Morgan fingerprint density at radius 2 is 2.00 bits per heavy atom. The summed E-state index contributed by atoms with van der Waals surface area (Å²) in [6, 6.07) is 12.2. The minimum atomic E-state index is -0.809. The van der Waals surface area contributed by atoms with Crippen molar-refractivity contribution in [2.75, 3.05) is 19.6 Å². The Morgan fingerprint density at radius 3 is 2.62 bits per heavy atom. The van der Waals surface area contributed by atoms with Gasteiger partial charge in [-0.3, -0.25) is 4.98 Å². The lowest BCUT2D eigenvalue weighted by atomic mass is 9.92. The van der Waals surface area contributed by atoms with Gasteiger partial charge in [0.15, 0.2) is 0 Å². The summed E-state index contributed by atoms with van der Waals surface area (Å²) in [5.74, 6) is 0.0151. The number of nitriles is 1. The van der Waals surface area contributed by atoms with Gasteiger partial charge in [0.2, 0.25) is 0 Å². The smallest absolute Gasteiger partial charge is 0.129 e. The van der Waals surface area contributed by atoms with Crippen molar-refractivity contribution in [3.8, 4) is 6.07 Å². The van der Waals surface area contributed by atoms with Gasteiger partial charge in [0.05, 0.1) is 11.7 Å². The van der Waals surface area contributed by atoms with Crippen LogP contribution in [0.4, 0.5) is 4.39 Å². The van der Waals surface area contributed by atoms with Crippen LogP contribution >= 0.6 is 0 Å².